The molecule has 10 heteroatoms. The quantitative estimate of drug-likeness (QED) is 0.594. The average Bonchev–Trinajstić information content (AvgIpc) is 3.22. The van der Waals surface area contributed by atoms with E-state index in [-0.39, 0.29) is 37.0 Å². The Kier molecular flexibility index (Phi) is 6.64. The van der Waals surface area contributed by atoms with E-state index in [1.807, 2.05) is 0 Å². The first-order chi connectivity index (χ1) is 11.6. The Hall–Kier alpha value is -2.04. The molecule has 2 heterocycles. The molecule has 2 fully saturated rings. The third-order valence-corrected chi connectivity index (χ3v) is 4.24. The van der Waals surface area contributed by atoms with Crippen molar-refractivity contribution < 1.29 is 29.1 Å². The van der Waals surface area contributed by atoms with E-state index >= 15 is 0 Å². The second-order valence-corrected chi connectivity index (χ2v) is 5.66. The zero-order chi connectivity index (χ0) is 17.5. The lowest BCUT2D eigenvalue weighted by molar-refractivity contribution is -0.122. The number of hydrogen-bond donors (Lipinski definition) is 3. The number of rotatable bonds is 4. The molecule has 134 valence electrons. The summed E-state index contributed by atoms with van der Waals surface area (Å²) in [7, 11) is 1.53. The van der Waals surface area contributed by atoms with Crippen molar-refractivity contribution in [3.05, 3.63) is 11.7 Å². The van der Waals surface area contributed by atoms with Crippen LogP contribution in [0.4, 0.5) is 0 Å². The highest BCUT2D eigenvalue weighted by molar-refractivity contribution is 5.89. The van der Waals surface area contributed by atoms with Crippen LogP contribution < -0.4 is 5.32 Å². The summed E-state index contributed by atoms with van der Waals surface area (Å²) in [6.45, 7) is 1.91. The van der Waals surface area contributed by atoms with Gasteiger partial charge in [0, 0.05) is 26.2 Å². The lowest BCUT2D eigenvalue weighted by Gasteiger charge is -2.36. The van der Waals surface area contributed by atoms with Gasteiger partial charge in [-0.2, -0.15) is 4.98 Å². The minimum absolute atomic E-state index is 0.0527. The summed E-state index contributed by atoms with van der Waals surface area (Å²) in [6.07, 6.45) is 1.97. The number of aliphatic hydroxyl groups excluding tert-OH is 1. The number of amides is 1. The van der Waals surface area contributed by atoms with E-state index in [4.69, 9.17) is 19.2 Å². The molecule has 0 aromatic carbocycles. The number of fused-ring (bicyclic) bond motifs is 1. The van der Waals surface area contributed by atoms with Gasteiger partial charge in [0.15, 0.2) is 0 Å². The number of ether oxygens (including phenoxy) is 1. The number of carbonyl (C=O) groups excluding carboxylic acids is 1. The summed E-state index contributed by atoms with van der Waals surface area (Å²) >= 11 is 0. The van der Waals surface area contributed by atoms with Crippen LogP contribution in [-0.2, 0) is 16.1 Å². The lowest BCUT2D eigenvalue weighted by Crippen LogP contribution is -2.47. The van der Waals surface area contributed by atoms with Crippen LogP contribution >= 0.6 is 0 Å². The molecule has 1 unspecified atom stereocenters. The summed E-state index contributed by atoms with van der Waals surface area (Å²) in [5.74, 6) is 0.425. The van der Waals surface area contributed by atoms with E-state index in [1.165, 1.54) is 7.05 Å². The van der Waals surface area contributed by atoms with Crippen LogP contribution in [0.5, 0.6) is 0 Å². The minimum atomic E-state index is -0.355. The molecule has 1 amide bonds. The molecule has 1 aliphatic heterocycles. The molecule has 3 atom stereocenters. The molecule has 1 aliphatic carbocycles. The number of morpholine rings is 1. The van der Waals surface area contributed by atoms with Gasteiger partial charge in [0.25, 0.3) is 18.2 Å². The van der Waals surface area contributed by atoms with Crippen LogP contribution in [0.3, 0.4) is 0 Å². The Labute approximate surface area is 138 Å². The molecule has 1 aromatic rings. The Morgan fingerprint density at radius 1 is 1.50 bits per heavy atom. The third-order valence-electron chi connectivity index (χ3n) is 4.24. The van der Waals surface area contributed by atoms with Gasteiger partial charge < -0.3 is 24.8 Å². The maximum Gasteiger partial charge on any atom is 0.292 e. The van der Waals surface area contributed by atoms with Crippen LogP contribution in [0.25, 0.3) is 0 Å². The Morgan fingerprint density at radius 3 is 2.92 bits per heavy atom. The highest BCUT2D eigenvalue weighted by atomic mass is 16.5. The molecule has 10 nitrogen and oxygen atoms in total. The number of carbonyl (C=O) groups is 2. The highest BCUT2D eigenvalue weighted by Gasteiger charge is 2.41. The van der Waals surface area contributed by atoms with Crippen molar-refractivity contribution in [3.63, 3.8) is 0 Å². The lowest BCUT2D eigenvalue weighted by atomic mass is 10.1. The van der Waals surface area contributed by atoms with Crippen molar-refractivity contribution in [3.8, 4) is 0 Å². The molecular formula is C14H22N4O6. The molecule has 0 radical (unpaired) electrons. The van der Waals surface area contributed by atoms with Crippen molar-refractivity contribution in [1.82, 2.24) is 20.4 Å². The zero-order valence-electron chi connectivity index (χ0n) is 13.4. The molecule has 1 saturated carbocycles. The zero-order valence-corrected chi connectivity index (χ0v) is 13.4. The van der Waals surface area contributed by atoms with Crippen LogP contribution in [-0.4, -0.2) is 76.6 Å². The van der Waals surface area contributed by atoms with Gasteiger partial charge in [0.2, 0.25) is 5.89 Å². The largest absolute Gasteiger partial charge is 0.483 e. The predicted octanol–water partition coefficient (Wildman–Crippen LogP) is -0.898. The molecule has 2 aliphatic rings. The summed E-state index contributed by atoms with van der Waals surface area (Å²) in [5, 5.41) is 22.3. The molecule has 0 spiro atoms. The van der Waals surface area contributed by atoms with Gasteiger partial charge >= 0.3 is 0 Å². The summed E-state index contributed by atoms with van der Waals surface area (Å²) < 4.78 is 10.9. The molecular weight excluding hydrogens is 320 g/mol. The van der Waals surface area contributed by atoms with E-state index in [2.05, 4.69) is 20.4 Å². The van der Waals surface area contributed by atoms with Gasteiger partial charge in [-0.3, -0.25) is 14.5 Å². The second-order valence-electron chi connectivity index (χ2n) is 5.66. The number of carboxylic acid groups (broad SMARTS) is 1. The van der Waals surface area contributed by atoms with Gasteiger partial charge in [0.05, 0.1) is 19.3 Å². The fraction of sp³-hybridized carbons (Fsp3) is 0.714. The monoisotopic (exact) mass is 342 g/mol. The SMILES string of the molecule is CNC(=O)c1noc(CN2CCOC3C[C@H](CO)C[C@@H]32)n1.O=CO. The van der Waals surface area contributed by atoms with Crippen LogP contribution in [0, 0.1) is 5.92 Å². The molecule has 1 aromatic heterocycles. The Morgan fingerprint density at radius 2 is 2.25 bits per heavy atom. The van der Waals surface area contributed by atoms with Crippen LogP contribution in [0.1, 0.15) is 29.4 Å². The summed E-state index contributed by atoms with van der Waals surface area (Å²) in [6, 6.07) is 0.270. The number of hydrogen-bond acceptors (Lipinski definition) is 8. The topological polar surface area (TPSA) is 138 Å². The van der Waals surface area contributed by atoms with Gasteiger partial charge in [-0.1, -0.05) is 5.16 Å². The van der Waals surface area contributed by atoms with Crippen molar-refractivity contribution >= 4 is 12.4 Å². The fourth-order valence-electron chi connectivity index (χ4n) is 3.17. The standard InChI is InChI=1S/C13H20N4O4.CH2O2/c1-14-13(19)12-15-11(21-16-12)6-17-2-3-20-10-5-8(7-18)4-9(10)17;2-1-3/h8-10,18H,2-7H2,1H3,(H,14,19);1H,(H,2,3)/t8-,9+,10?;/m1./s1. The molecule has 1 saturated heterocycles. The molecule has 3 N–H and O–H groups in total. The number of nitrogens with one attached hydrogen (secondary N) is 1. The van der Waals surface area contributed by atoms with Gasteiger partial charge in [-0.15, -0.1) is 0 Å². The number of nitrogens with zero attached hydrogens (tertiary/aromatic N) is 3. The highest BCUT2D eigenvalue weighted by Crippen LogP contribution is 2.34. The van der Waals surface area contributed by atoms with Crippen molar-refractivity contribution in [2.45, 2.75) is 31.5 Å². The summed E-state index contributed by atoms with van der Waals surface area (Å²) in [5.41, 5.74) is 0. The fourth-order valence-corrected chi connectivity index (χ4v) is 3.17. The Bertz CT molecular complexity index is 551. The maximum atomic E-state index is 11.4. The molecule has 3 rings (SSSR count). The first kappa shape index (κ1) is 18.3. The van der Waals surface area contributed by atoms with Crippen molar-refractivity contribution in [2.75, 3.05) is 26.8 Å². The third kappa shape index (κ3) is 4.28. The van der Waals surface area contributed by atoms with Crippen LogP contribution in [0.15, 0.2) is 4.52 Å². The average molecular weight is 342 g/mol. The van der Waals surface area contributed by atoms with Crippen LogP contribution in [0.2, 0.25) is 0 Å². The van der Waals surface area contributed by atoms with Crippen molar-refractivity contribution in [2.24, 2.45) is 5.92 Å². The van der Waals surface area contributed by atoms with Gasteiger partial charge in [-0.05, 0) is 18.8 Å². The normalized spacial score (nSPS) is 26.2. The van der Waals surface area contributed by atoms with Gasteiger partial charge in [0.1, 0.15) is 0 Å². The van der Waals surface area contributed by atoms with E-state index < -0.39 is 0 Å². The predicted molar refractivity (Wildman–Crippen MR) is 80.1 cm³/mol. The first-order valence-electron chi connectivity index (χ1n) is 7.71. The first-order valence-corrected chi connectivity index (χ1v) is 7.71. The van der Waals surface area contributed by atoms with E-state index in [9.17, 15) is 9.90 Å². The smallest absolute Gasteiger partial charge is 0.292 e. The van der Waals surface area contributed by atoms with E-state index in [0.717, 1.165) is 19.4 Å². The second kappa shape index (κ2) is 8.71. The number of aromatic nitrogens is 2. The minimum Gasteiger partial charge on any atom is -0.483 e. The molecule has 0 bridgehead atoms. The Balaban J connectivity index is 0.000000647. The summed E-state index contributed by atoms with van der Waals surface area (Å²) in [4.78, 5) is 26.1. The van der Waals surface area contributed by atoms with E-state index in [0.29, 0.717) is 25.0 Å². The van der Waals surface area contributed by atoms with E-state index in [1.54, 1.807) is 0 Å². The maximum absolute atomic E-state index is 11.4. The molecule has 24 heavy (non-hydrogen) atoms. The van der Waals surface area contributed by atoms with Crippen molar-refractivity contribution in [1.29, 1.82) is 0 Å². The number of aliphatic hydroxyl groups is 1. The van der Waals surface area contributed by atoms with Gasteiger partial charge in [-0.25, -0.2) is 0 Å².